The molecule has 2 N–H and O–H groups in total. The van der Waals surface area contributed by atoms with Crippen molar-refractivity contribution in [3.63, 3.8) is 0 Å². The molecule has 0 radical (unpaired) electrons. The first-order valence-corrected chi connectivity index (χ1v) is 5.32. The molecule has 1 aromatic rings. The molecule has 0 atom stereocenters. The number of hydrogen-bond acceptors (Lipinski definition) is 3. The molecule has 1 fully saturated rings. The smallest absolute Gasteiger partial charge is 0.161 e. The van der Waals surface area contributed by atoms with Crippen molar-refractivity contribution in [2.45, 2.75) is 12.7 Å². The molecule has 0 saturated carbocycles. The van der Waals surface area contributed by atoms with Crippen molar-refractivity contribution in [1.82, 2.24) is 0 Å². The Morgan fingerprint density at radius 2 is 2.07 bits per heavy atom. The van der Waals surface area contributed by atoms with Gasteiger partial charge in [0.15, 0.2) is 6.29 Å². The van der Waals surface area contributed by atoms with Crippen molar-refractivity contribution in [1.29, 1.82) is 0 Å². The maximum atomic E-state index is 5.84. The van der Waals surface area contributed by atoms with E-state index < -0.39 is 0 Å². The number of rotatable bonds is 2. The summed E-state index contributed by atoms with van der Waals surface area (Å²) < 4.78 is 11.7. The summed E-state index contributed by atoms with van der Waals surface area (Å²) in [5, 5.41) is 0. The first-order valence-electron chi connectivity index (χ1n) is 4.53. The maximum absolute atomic E-state index is 5.84. The molecule has 4 heteroatoms. The van der Waals surface area contributed by atoms with E-state index in [1.807, 2.05) is 18.2 Å². The Balaban J connectivity index is 2.10. The van der Waals surface area contributed by atoms with E-state index >= 15 is 0 Å². The van der Waals surface area contributed by atoms with Gasteiger partial charge < -0.3 is 15.2 Å². The highest BCUT2D eigenvalue weighted by atomic mass is 79.9. The van der Waals surface area contributed by atoms with Crippen LogP contribution in [0.25, 0.3) is 0 Å². The second-order valence-corrected chi connectivity index (χ2v) is 4.13. The SMILES string of the molecule is Nc1ccc(Br)cc1CC1OCCO1. The zero-order valence-electron chi connectivity index (χ0n) is 7.70. The van der Waals surface area contributed by atoms with Crippen LogP contribution in [0.5, 0.6) is 0 Å². The van der Waals surface area contributed by atoms with Gasteiger partial charge in [0, 0.05) is 16.6 Å². The molecule has 1 heterocycles. The minimum Gasteiger partial charge on any atom is -0.399 e. The molecule has 0 aromatic heterocycles. The van der Waals surface area contributed by atoms with Crippen LogP contribution in [0.1, 0.15) is 5.56 Å². The van der Waals surface area contributed by atoms with Gasteiger partial charge in [0.2, 0.25) is 0 Å². The summed E-state index contributed by atoms with van der Waals surface area (Å²) >= 11 is 3.41. The summed E-state index contributed by atoms with van der Waals surface area (Å²) in [4.78, 5) is 0. The molecule has 1 aromatic carbocycles. The lowest BCUT2D eigenvalue weighted by molar-refractivity contribution is -0.0398. The van der Waals surface area contributed by atoms with E-state index in [9.17, 15) is 0 Å². The number of halogens is 1. The maximum Gasteiger partial charge on any atom is 0.161 e. The van der Waals surface area contributed by atoms with Crippen LogP contribution >= 0.6 is 15.9 Å². The minimum absolute atomic E-state index is 0.133. The van der Waals surface area contributed by atoms with Crippen molar-refractivity contribution >= 4 is 21.6 Å². The Morgan fingerprint density at radius 3 is 2.79 bits per heavy atom. The second-order valence-electron chi connectivity index (χ2n) is 3.22. The van der Waals surface area contributed by atoms with Crippen LogP contribution in [-0.2, 0) is 15.9 Å². The third-order valence-corrected chi connectivity index (χ3v) is 2.68. The fourth-order valence-electron chi connectivity index (χ4n) is 1.46. The Labute approximate surface area is 91.3 Å². The average Bonchev–Trinajstić information content (AvgIpc) is 2.64. The second kappa shape index (κ2) is 4.29. The zero-order chi connectivity index (χ0) is 9.97. The Kier molecular flexibility index (Phi) is 3.05. The molecular formula is C10H12BrNO2. The zero-order valence-corrected chi connectivity index (χ0v) is 9.29. The molecule has 3 nitrogen and oxygen atoms in total. The predicted molar refractivity (Wildman–Crippen MR) is 58.0 cm³/mol. The van der Waals surface area contributed by atoms with Crippen molar-refractivity contribution in [3.05, 3.63) is 28.2 Å². The van der Waals surface area contributed by atoms with E-state index in [2.05, 4.69) is 15.9 Å². The quantitative estimate of drug-likeness (QED) is 0.824. The average molecular weight is 258 g/mol. The molecule has 1 aliphatic rings. The molecule has 1 saturated heterocycles. The van der Waals surface area contributed by atoms with Gasteiger partial charge in [-0.25, -0.2) is 0 Å². The Bertz CT molecular complexity index is 324. The molecule has 76 valence electrons. The number of anilines is 1. The lowest BCUT2D eigenvalue weighted by atomic mass is 10.1. The number of ether oxygens (including phenoxy) is 2. The minimum atomic E-state index is -0.133. The lowest BCUT2D eigenvalue weighted by Crippen LogP contribution is -2.12. The van der Waals surface area contributed by atoms with Gasteiger partial charge in [-0.3, -0.25) is 0 Å². The topological polar surface area (TPSA) is 44.5 Å². The lowest BCUT2D eigenvalue weighted by Gasteiger charge is -2.11. The third kappa shape index (κ3) is 2.26. The molecule has 14 heavy (non-hydrogen) atoms. The fourth-order valence-corrected chi connectivity index (χ4v) is 1.86. The predicted octanol–water partition coefficient (Wildman–Crippen LogP) is 1.95. The summed E-state index contributed by atoms with van der Waals surface area (Å²) in [5.74, 6) is 0. The number of nitrogen functional groups attached to an aromatic ring is 1. The van der Waals surface area contributed by atoms with E-state index in [1.54, 1.807) is 0 Å². The molecule has 0 spiro atoms. The third-order valence-electron chi connectivity index (χ3n) is 2.18. The normalized spacial score (nSPS) is 17.5. The van der Waals surface area contributed by atoms with Crippen LogP contribution in [0.15, 0.2) is 22.7 Å². The van der Waals surface area contributed by atoms with Gasteiger partial charge in [-0.1, -0.05) is 15.9 Å². The number of hydrogen-bond donors (Lipinski definition) is 1. The van der Waals surface area contributed by atoms with Crippen molar-refractivity contribution in [3.8, 4) is 0 Å². The highest BCUT2D eigenvalue weighted by molar-refractivity contribution is 9.10. The van der Waals surface area contributed by atoms with E-state index in [0.29, 0.717) is 19.6 Å². The molecule has 2 rings (SSSR count). The summed E-state index contributed by atoms with van der Waals surface area (Å²) in [5.41, 5.74) is 7.68. The number of nitrogens with two attached hydrogens (primary N) is 1. The summed E-state index contributed by atoms with van der Waals surface area (Å²) in [6.45, 7) is 1.36. The summed E-state index contributed by atoms with van der Waals surface area (Å²) in [6.07, 6.45) is 0.581. The van der Waals surface area contributed by atoms with Crippen LogP contribution in [0.4, 0.5) is 5.69 Å². The first-order chi connectivity index (χ1) is 6.75. The van der Waals surface area contributed by atoms with E-state index in [0.717, 1.165) is 15.7 Å². The van der Waals surface area contributed by atoms with E-state index in [4.69, 9.17) is 15.2 Å². The van der Waals surface area contributed by atoms with Crippen LogP contribution < -0.4 is 5.73 Å². The van der Waals surface area contributed by atoms with Crippen LogP contribution in [0.3, 0.4) is 0 Å². The monoisotopic (exact) mass is 257 g/mol. The van der Waals surface area contributed by atoms with Crippen molar-refractivity contribution in [2.24, 2.45) is 0 Å². The number of benzene rings is 1. The van der Waals surface area contributed by atoms with Crippen molar-refractivity contribution in [2.75, 3.05) is 18.9 Å². The van der Waals surface area contributed by atoms with Gasteiger partial charge in [0.25, 0.3) is 0 Å². The van der Waals surface area contributed by atoms with Gasteiger partial charge in [0.1, 0.15) is 0 Å². The molecule has 0 bridgehead atoms. The highest BCUT2D eigenvalue weighted by Crippen LogP contribution is 2.21. The van der Waals surface area contributed by atoms with Gasteiger partial charge >= 0.3 is 0 Å². The first kappa shape index (κ1) is 9.96. The van der Waals surface area contributed by atoms with Crippen LogP contribution in [0.2, 0.25) is 0 Å². The highest BCUT2D eigenvalue weighted by Gasteiger charge is 2.17. The van der Waals surface area contributed by atoms with Gasteiger partial charge in [-0.15, -0.1) is 0 Å². The van der Waals surface area contributed by atoms with Crippen LogP contribution in [-0.4, -0.2) is 19.5 Å². The van der Waals surface area contributed by atoms with Crippen LogP contribution in [0, 0.1) is 0 Å². The van der Waals surface area contributed by atoms with E-state index in [-0.39, 0.29) is 6.29 Å². The molecule has 1 aliphatic heterocycles. The van der Waals surface area contributed by atoms with Gasteiger partial charge in [0.05, 0.1) is 13.2 Å². The molecule has 0 aliphatic carbocycles. The van der Waals surface area contributed by atoms with Gasteiger partial charge in [-0.05, 0) is 23.8 Å². The molecule has 0 amide bonds. The van der Waals surface area contributed by atoms with Crippen molar-refractivity contribution < 1.29 is 9.47 Å². The molecule has 0 unspecified atom stereocenters. The fraction of sp³-hybridized carbons (Fsp3) is 0.400. The van der Waals surface area contributed by atoms with Gasteiger partial charge in [-0.2, -0.15) is 0 Å². The Hall–Kier alpha value is -0.580. The largest absolute Gasteiger partial charge is 0.399 e. The van der Waals surface area contributed by atoms with E-state index in [1.165, 1.54) is 0 Å². The Morgan fingerprint density at radius 1 is 1.36 bits per heavy atom. The summed E-state index contributed by atoms with van der Waals surface area (Å²) in [7, 11) is 0. The summed E-state index contributed by atoms with van der Waals surface area (Å²) in [6, 6.07) is 5.81. The standard InChI is InChI=1S/C10H12BrNO2/c11-8-1-2-9(12)7(5-8)6-10-13-3-4-14-10/h1-2,5,10H,3-4,6,12H2. The molecular weight excluding hydrogens is 246 g/mol.